The quantitative estimate of drug-likeness (QED) is 0.680. The Morgan fingerprint density at radius 3 is 2.65 bits per heavy atom. The topological polar surface area (TPSA) is 50.4 Å². The molecule has 4 heteroatoms. The molecule has 0 saturated carbocycles. The third kappa shape index (κ3) is 3.30. The fourth-order valence-electron chi connectivity index (χ4n) is 2.55. The Balaban J connectivity index is 2.05. The van der Waals surface area contributed by atoms with Crippen molar-refractivity contribution < 1.29 is 14.3 Å². The van der Waals surface area contributed by atoms with Gasteiger partial charge in [-0.25, -0.2) is 4.79 Å². The van der Waals surface area contributed by atoms with Gasteiger partial charge in [0.15, 0.2) is 0 Å². The first kappa shape index (κ1) is 15.4. The highest BCUT2D eigenvalue weighted by Gasteiger charge is 2.13. The van der Waals surface area contributed by atoms with Gasteiger partial charge in [0, 0.05) is 28.3 Å². The summed E-state index contributed by atoms with van der Waals surface area (Å²) < 4.78 is 5.90. The molecule has 0 aliphatic heterocycles. The van der Waals surface area contributed by atoms with Crippen LogP contribution in [-0.2, 0) is 11.2 Å². The number of rotatable bonds is 4. The van der Waals surface area contributed by atoms with Gasteiger partial charge < -0.3 is 9.52 Å². The second-order valence-corrected chi connectivity index (χ2v) is 5.79. The van der Waals surface area contributed by atoms with E-state index in [9.17, 15) is 4.79 Å². The zero-order chi connectivity index (χ0) is 16.4. The molecule has 1 heterocycles. The Labute approximate surface area is 138 Å². The van der Waals surface area contributed by atoms with Crippen molar-refractivity contribution in [1.29, 1.82) is 0 Å². The van der Waals surface area contributed by atoms with E-state index in [0.717, 1.165) is 33.7 Å². The van der Waals surface area contributed by atoms with Gasteiger partial charge in [-0.2, -0.15) is 0 Å². The smallest absolute Gasteiger partial charge is 0.328 e. The van der Waals surface area contributed by atoms with Crippen LogP contribution in [-0.4, -0.2) is 11.1 Å². The third-order valence-corrected chi connectivity index (χ3v) is 4.01. The van der Waals surface area contributed by atoms with E-state index in [1.165, 1.54) is 6.08 Å². The van der Waals surface area contributed by atoms with Gasteiger partial charge in [-0.1, -0.05) is 48.0 Å². The summed E-state index contributed by atoms with van der Waals surface area (Å²) >= 11 is 6.31. The largest absolute Gasteiger partial charge is 0.478 e. The molecule has 0 aliphatic carbocycles. The molecule has 0 amide bonds. The molecule has 0 bridgehead atoms. The summed E-state index contributed by atoms with van der Waals surface area (Å²) in [6.45, 7) is 1.99. The number of aliphatic carboxylic acids is 1. The highest BCUT2D eigenvalue weighted by molar-refractivity contribution is 6.31. The Hall–Kier alpha value is -2.52. The number of carboxylic acid groups (broad SMARTS) is 1. The van der Waals surface area contributed by atoms with Crippen LogP contribution in [0.15, 0.2) is 53.0 Å². The van der Waals surface area contributed by atoms with Gasteiger partial charge in [0.2, 0.25) is 0 Å². The molecular weight excluding hydrogens is 312 g/mol. The number of furan rings is 1. The molecule has 0 radical (unpaired) electrons. The van der Waals surface area contributed by atoms with E-state index in [2.05, 4.69) is 0 Å². The summed E-state index contributed by atoms with van der Waals surface area (Å²) in [6.07, 6.45) is 3.11. The second kappa shape index (κ2) is 6.31. The number of halogens is 1. The normalized spacial score (nSPS) is 11.4. The molecule has 0 saturated heterocycles. The number of hydrogen-bond acceptors (Lipinski definition) is 2. The first-order chi connectivity index (χ1) is 11.0. The number of carboxylic acids is 1. The number of aryl methyl sites for hydroxylation is 1. The van der Waals surface area contributed by atoms with Crippen molar-refractivity contribution in [2.45, 2.75) is 13.3 Å². The summed E-state index contributed by atoms with van der Waals surface area (Å²) in [7, 11) is 0. The minimum absolute atomic E-state index is 0.543. The third-order valence-electron chi connectivity index (χ3n) is 3.66. The maximum Gasteiger partial charge on any atom is 0.328 e. The van der Waals surface area contributed by atoms with Crippen molar-refractivity contribution in [1.82, 2.24) is 0 Å². The lowest BCUT2D eigenvalue weighted by atomic mass is 10.0. The first-order valence-corrected chi connectivity index (χ1v) is 7.59. The van der Waals surface area contributed by atoms with Crippen molar-refractivity contribution >= 4 is 34.4 Å². The molecule has 3 aromatic rings. The standard InChI is InChI=1S/C19H15ClO3/c1-12-6-7-13(16(20)10-12)11-18-15-5-3-2-4-14(15)17(23-18)8-9-19(21)22/h2-10H,11H2,1H3,(H,21,22)/b9-8-. The lowest BCUT2D eigenvalue weighted by Gasteiger charge is -2.04. The van der Waals surface area contributed by atoms with Crippen LogP contribution < -0.4 is 0 Å². The van der Waals surface area contributed by atoms with Gasteiger partial charge in [0.1, 0.15) is 11.5 Å². The maximum absolute atomic E-state index is 10.7. The van der Waals surface area contributed by atoms with E-state index in [1.807, 2.05) is 49.4 Å². The fourth-order valence-corrected chi connectivity index (χ4v) is 2.86. The van der Waals surface area contributed by atoms with E-state index < -0.39 is 5.97 Å². The van der Waals surface area contributed by atoms with Crippen LogP contribution >= 0.6 is 11.6 Å². The van der Waals surface area contributed by atoms with E-state index in [4.69, 9.17) is 21.1 Å². The molecule has 1 N–H and O–H groups in total. The first-order valence-electron chi connectivity index (χ1n) is 7.21. The van der Waals surface area contributed by atoms with Gasteiger partial charge in [0.25, 0.3) is 0 Å². The number of carbonyl (C=O) groups is 1. The molecule has 0 fully saturated rings. The van der Waals surface area contributed by atoms with E-state index in [-0.39, 0.29) is 0 Å². The molecule has 0 aliphatic rings. The number of hydrogen-bond donors (Lipinski definition) is 1. The lowest BCUT2D eigenvalue weighted by molar-refractivity contribution is -0.131. The predicted molar refractivity (Wildman–Crippen MR) is 91.9 cm³/mol. The van der Waals surface area contributed by atoms with Crippen molar-refractivity contribution in [2.75, 3.05) is 0 Å². The molecule has 3 rings (SSSR count). The molecule has 2 aromatic carbocycles. The molecule has 3 nitrogen and oxygen atoms in total. The van der Waals surface area contributed by atoms with Crippen LogP contribution in [0, 0.1) is 6.92 Å². The van der Waals surface area contributed by atoms with Crippen LogP contribution in [0.1, 0.15) is 22.6 Å². The van der Waals surface area contributed by atoms with Crippen LogP contribution in [0.5, 0.6) is 0 Å². The Bertz CT molecular complexity index is 906. The molecule has 0 unspecified atom stereocenters. The second-order valence-electron chi connectivity index (χ2n) is 5.38. The van der Waals surface area contributed by atoms with Gasteiger partial charge in [0.05, 0.1) is 0 Å². The van der Waals surface area contributed by atoms with E-state index in [0.29, 0.717) is 17.2 Å². The van der Waals surface area contributed by atoms with Gasteiger partial charge in [-0.05, 0) is 30.2 Å². The highest BCUT2D eigenvalue weighted by atomic mass is 35.5. The van der Waals surface area contributed by atoms with Gasteiger partial charge in [-0.15, -0.1) is 0 Å². The Morgan fingerprint density at radius 1 is 1.22 bits per heavy atom. The summed E-state index contributed by atoms with van der Waals surface area (Å²) in [5.74, 6) is 0.311. The molecule has 23 heavy (non-hydrogen) atoms. The molecule has 0 spiro atoms. The zero-order valence-electron chi connectivity index (χ0n) is 12.5. The molecule has 116 valence electrons. The summed E-state index contributed by atoms with van der Waals surface area (Å²) in [5, 5.41) is 11.4. The van der Waals surface area contributed by atoms with E-state index >= 15 is 0 Å². The Kier molecular flexibility index (Phi) is 4.22. The average molecular weight is 327 g/mol. The highest BCUT2D eigenvalue weighted by Crippen LogP contribution is 2.30. The van der Waals surface area contributed by atoms with Gasteiger partial charge in [-0.3, -0.25) is 0 Å². The minimum atomic E-state index is -1.01. The van der Waals surface area contributed by atoms with E-state index in [1.54, 1.807) is 0 Å². The monoisotopic (exact) mass is 326 g/mol. The van der Waals surface area contributed by atoms with Crippen LogP contribution in [0.2, 0.25) is 5.02 Å². The average Bonchev–Trinajstić information content (AvgIpc) is 2.86. The fraction of sp³-hybridized carbons (Fsp3) is 0.105. The summed E-state index contributed by atoms with van der Waals surface area (Å²) in [6, 6.07) is 13.6. The number of fused-ring (bicyclic) bond motifs is 1. The van der Waals surface area contributed by atoms with Crippen molar-refractivity contribution in [2.24, 2.45) is 0 Å². The maximum atomic E-state index is 10.7. The zero-order valence-corrected chi connectivity index (χ0v) is 13.3. The van der Waals surface area contributed by atoms with Crippen LogP contribution in [0.25, 0.3) is 16.8 Å². The summed E-state index contributed by atoms with van der Waals surface area (Å²) in [5.41, 5.74) is 2.08. The van der Waals surface area contributed by atoms with Crippen LogP contribution in [0.3, 0.4) is 0 Å². The lowest BCUT2D eigenvalue weighted by Crippen LogP contribution is -1.89. The van der Waals surface area contributed by atoms with Crippen molar-refractivity contribution in [3.8, 4) is 0 Å². The minimum Gasteiger partial charge on any atom is -0.478 e. The van der Waals surface area contributed by atoms with Crippen molar-refractivity contribution in [3.63, 3.8) is 0 Å². The summed E-state index contributed by atoms with van der Waals surface area (Å²) in [4.78, 5) is 10.7. The van der Waals surface area contributed by atoms with Crippen LogP contribution in [0.4, 0.5) is 0 Å². The predicted octanol–water partition coefficient (Wildman–Crippen LogP) is 5.08. The van der Waals surface area contributed by atoms with Gasteiger partial charge >= 0.3 is 5.97 Å². The SMILES string of the molecule is Cc1ccc(Cc2oc(/C=C\C(=O)O)c3ccccc23)c(Cl)c1. The number of benzene rings is 2. The molecular formula is C19H15ClO3. The molecule has 0 atom stereocenters. The Morgan fingerprint density at radius 2 is 1.96 bits per heavy atom. The van der Waals surface area contributed by atoms with Crippen molar-refractivity contribution in [3.05, 3.63) is 76.2 Å². The molecule has 1 aromatic heterocycles.